The minimum absolute atomic E-state index is 0.160. The van der Waals surface area contributed by atoms with Crippen LogP contribution in [-0.4, -0.2) is 43.7 Å². The van der Waals surface area contributed by atoms with Gasteiger partial charge in [-0.25, -0.2) is 0 Å². The van der Waals surface area contributed by atoms with Gasteiger partial charge in [0.05, 0.1) is 13.2 Å². The maximum absolute atomic E-state index is 12.3. The van der Waals surface area contributed by atoms with Gasteiger partial charge in [0, 0.05) is 25.3 Å². The Kier molecular flexibility index (Phi) is 5.35. The molecule has 1 aromatic carbocycles. The van der Waals surface area contributed by atoms with Crippen LogP contribution in [0.15, 0.2) is 29.8 Å². The molecule has 0 bridgehead atoms. The van der Waals surface area contributed by atoms with Gasteiger partial charge in [0.15, 0.2) is 0 Å². The first-order valence-electron chi connectivity index (χ1n) is 7.07. The Hall–Kier alpha value is -2.32. The van der Waals surface area contributed by atoms with Gasteiger partial charge in [-0.3, -0.25) is 4.79 Å². The lowest BCUT2D eigenvalue weighted by Gasteiger charge is -2.26. The quantitative estimate of drug-likeness (QED) is 0.677. The molecule has 5 heteroatoms. The number of hydrogen-bond acceptors (Lipinski definition) is 4. The Morgan fingerprint density at radius 3 is 2.62 bits per heavy atom. The van der Waals surface area contributed by atoms with Gasteiger partial charge < -0.3 is 15.0 Å². The Morgan fingerprint density at radius 1 is 1.38 bits per heavy atom. The molecule has 1 saturated heterocycles. The average molecular weight is 285 g/mol. The van der Waals surface area contributed by atoms with Gasteiger partial charge in [0.2, 0.25) is 0 Å². The molecule has 1 amide bonds. The van der Waals surface area contributed by atoms with Gasteiger partial charge in [-0.2, -0.15) is 5.26 Å². The topological polar surface area (TPSA) is 65.4 Å². The van der Waals surface area contributed by atoms with Crippen LogP contribution in [0.4, 0.5) is 5.69 Å². The number of rotatable bonds is 4. The molecule has 0 radical (unpaired) electrons. The second-order valence-corrected chi connectivity index (χ2v) is 4.73. The molecule has 1 fully saturated rings. The minimum atomic E-state index is -0.225. The Labute approximate surface area is 124 Å². The van der Waals surface area contributed by atoms with Crippen molar-refractivity contribution >= 4 is 17.7 Å². The molecule has 1 N–H and O–H groups in total. The Balaban J connectivity index is 2.12. The molecule has 0 aromatic heterocycles. The highest BCUT2D eigenvalue weighted by molar-refractivity contribution is 6.01. The van der Waals surface area contributed by atoms with Crippen LogP contribution in [0.25, 0.3) is 6.08 Å². The standard InChI is InChI=1S/C16H19N3O2/c1-2-18-15-5-3-13(4-6-15)11-14(12-17)16(20)19-7-9-21-10-8-19/h3-6,11,18H,2,7-10H2,1H3. The van der Waals surface area contributed by atoms with Crippen molar-refractivity contribution in [1.82, 2.24) is 4.90 Å². The van der Waals surface area contributed by atoms with Crippen LogP contribution in [0.3, 0.4) is 0 Å². The number of nitriles is 1. The third kappa shape index (κ3) is 4.07. The first-order chi connectivity index (χ1) is 10.2. The van der Waals surface area contributed by atoms with E-state index in [9.17, 15) is 10.1 Å². The van der Waals surface area contributed by atoms with E-state index in [0.29, 0.717) is 26.3 Å². The van der Waals surface area contributed by atoms with Crippen molar-refractivity contribution in [2.75, 3.05) is 38.2 Å². The van der Waals surface area contributed by atoms with E-state index in [1.165, 1.54) is 0 Å². The lowest BCUT2D eigenvalue weighted by atomic mass is 10.1. The minimum Gasteiger partial charge on any atom is -0.385 e. The molecule has 5 nitrogen and oxygen atoms in total. The van der Waals surface area contributed by atoms with Gasteiger partial charge in [-0.1, -0.05) is 12.1 Å². The summed E-state index contributed by atoms with van der Waals surface area (Å²) >= 11 is 0. The SMILES string of the molecule is CCNc1ccc(C=C(C#N)C(=O)N2CCOCC2)cc1. The first kappa shape index (κ1) is 15.1. The lowest BCUT2D eigenvalue weighted by molar-refractivity contribution is -0.130. The summed E-state index contributed by atoms with van der Waals surface area (Å²) in [6.07, 6.45) is 1.63. The van der Waals surface area contributed by atoms with Crippen molar-refractivity contribution in [2.24, 2.45) is 0 Å². The number of amides is 1. The van der Waals surface area contributed by atoms with E-state index in [2.05, 4.69) is 5.32 Å². The molecule has 1 aromatic rings. The summed E-state index contributed by atoms with van der Waals surface area (Å²) in [5, 5.41) is 12.4. The largest absolute Gasteiger partial charge is 0.385 e. The molecular formula is C16H19N3O2. The van der Waals surface area contributed by atoms with E-state index in [-0.39, 0.29) is 11.5 Å². The molecule has 110 valence electrons. The van der Waals surface area contributed by atoms with Crippen molar-refractivity contribution in [1.29, 1.82) is 5.26 Å². The molecule has 1 aliphatic heterocycles. The maximum Gasteiger partial charge on any atom is 0.264 e. The van der Waals surface area contributed by atoms with Crippen LogP contribution in [0.5, 0.6) is 0 Å². The molecule has 2 rings (SSSR count). The monoisotopic (exact) mass is 285 g/mol. The number of nitrogens with zero attached hydrogens (tertiary/aromatic N) is 2. The van der Waals surface area contributed by atoms with Crippen LogP contribution in [0.1, 0.15) is 12.5 Å². The Bertz CT molecular complexity index is 552. The van der Waals surface area contributed by atoms with E-state index in [4.69, 9.17) is 4.74 Å². The van der Waals surface area contributed by atoms with Gasteiger partial charge in [-0.05, 0) is 30.7 Å². The number of carbonyl (C=O) groups excluding carboxylic acids is 1. The molecular weight excluding hydrogens is 266 g/mol. The zero-order valence-electron chi connectivity index (χ0n) is 12.1. The van der Waals surface area contributed by atoms with Gasteiger partial charge >= 0.3 is 0 Å². The number of nitrogens with one attached hydrogen (secondary N) is 1. The third-order valence-corrected chi connectivity index (χ3v) is 3.25. The fourth-order valence-corrected chi connectivity index (χ4v) is 2.15. The fourth-order valence-electron chi connectivity index (χ4n) is 2.15. The summed E-state index contributed by atoms with van der Waals surface area (Å²) in [6, 6.07) is 9.65. The van der Waals surface area contributed by atoms with Crippen LogP contribution >= 0.6 is 0 Å². The smallest absolute Gasteiger partial charge is 0.264 e. The maximum atomic E-state index is 12.3. The highest BCUT2D eigenvalue weighted by Gasteiger charge is 2.20. The second-order valence-electron chi connectivity index (χ2n) is 4.73. The van der Waals surface area contributed by atoms with Crippen LogP contribution in [0, 0.1) is 11.3 Å². The number of hydrogen-bond donors (Lipinski definition) is 1. The average Bonchev–Trinajstić information content (AvgIpc) is 2.54. The van der Waals surface area contributed by atoms with Crippen molar-refractivity contribution in [3.8, 4) is 6.07 Å². The van der Waals surface area contributed by atoms with E-state index in [1.54, 1.807) is 11.0 Å². The van der Waals surface area contributed by atoms with Crippen molar-refractivity contribution in [3.05, 3.63) is 35.4 Å². The number of anilines is 1. The van der Waals surface area contributed by atoms with Crippen LogP contribution in [-0.2, 0) is 9.53 Å². The van der Waals surface area contributed by atoms with Crippen molar-refractivity contribution in [2.45, 2.75) is 6.92 Å². The van der Waals surface area contributed by atoms with Gasteiger partial charge in [0.25, 0.3) is 5.91 Å². The van der Waals surface area contributed by atoms with Gasteiger partial charge in [0.1, 0.15) is 11.6 Å². The number of carbonyl (C=O) groups is 1. The molecule has 21 heavy (non-hydrogen) atoms. The van der Waals surface area contributed by atoms with Crippen LogP contribution in [0.2, 0.25) is 0 Å². The van der Waals surface area contributed by atoms with Gasteiger partial charge in [-0.15, -0.1) is 0 Å². The molecule has 0 unspecified atom stereocenters. The Morgan fingerprint density at radius 2 is 2.05 bits per heavy atom. The normalized spacial score (nSPS) is 15.4. The second kappa shape index (κ2) is 7.46. The molecule has 0 atom stereocenters. The number of morpholine rings is 1. The highest BCUT2D eigenvalue weighted by atomic mass is 16.5. The summed E-state index contributed by atoms with van der Waals surface area (Å²) in [5.74, 6) is -0.225. The van der Waals surface area contributed by atoms with E-state index in [0.717, 1.165) is 17.8 Å². The first-order valence-corrected chi connectivity index (χ1v) is 7.07. The molecule has 0 aliphatic carbocycles. The third-order valence-electron chi connectivity index (χ3n) is 3.25. The van der Waals surface area contributed by atoms with E-state index in [1.807, 2.05) is 37.3 Å². The fraction of sp³-hybridized carbons (Fsp3) is 0.375. The van der Waals surface area contributed by atoms with Crippen molar-refractivity contribution in [3.63, 3.8) is 0 Å². The molecule has 0 spiro atoms. The summed E-state index contributed by atoms with van der Waals surface area (Å²) in [7, 11) is 0. The van der Waals surface area contributed by atoms with Crippen LogP contribution < -0.4 is 5.32 Å². The summed E-state index contributed by atoms with van der Waals surface area (Å²) < 4.78 is 5.21. The summed E-state index contributed by atoms with van der Waals surface area (Å²) in [5.41, 5.74) is 2.02. The highest BCUT2D eigenvalue weighted by Crippen LogP contribution is 2.14. The number of ether oxygens (including phenoxy) is 1. The summed E-state index contributed by atoms with van der Waals surface area (Å²) in [6.45, 7) is 5.02. The summed E-state index contributed by atoms with van der Waals surface area (Å²) in [4.78, 5) is 13.9. The number of benzene rings is 1. The zero-order valence-corrected chi connectivity index (χ0v) is 12.1. The zero-order chi connectivity index (χ0) is 15.1. The predicted molar refractivity (Wildman–Crippen MR) is 81.6 cm³/mol. The lowest BCUT2D eigenvalue weighted by Crippen LogP contribution is -2.41. The van der Waals surface area contributed by atoms with Crippen molar-refractivity contribution < 1.29 is 9.53 Å². The van der Waals surface area contributed by atoms with E-state index >= 15 is 0 Å². The molecule has 0 saturated carbocycles. The van der Waals surface area contributed by atoms with E-state index < -0.39 is 0 Å². The predicted octanol–water partition coefficient (Wildman–Crippen LogP) is 1.88. The molecule has 1 heterocycles. The molecule has 1 aliphatic rings.